The van der Waals surface area contributed by atoms with E-state index >= 15 is 0 Å². The molecule has 0 bridgehead atoms. The molecule has 2 atom stereocenters. The van der Waals surface area contributed by atoms with Crippen LogP contribution in [-0.2, 0) is 15.3 Å². The number of urea groups is 1. The first-order chi connectivity index (χ1) is 16.9. The number of benzene rings is 1. The highest BCUT2D eigenvalue weighted by Gasteiger charge is 2.35. The molecule has 35 heavy (non-hydrogen) atoms. The predicted octanol–water partition coefficient (Wildman–Crippen LogP) is 3.28. The van der Waals surface area contributed by atoms with Gasteiger partial charge in [0.25, 0.3) is 0 Å². The number of imide groups is 1. The normalized spacial score (nSPS) is 22.8. The van der Waals surface area contributed by atoms with Crippen molar-refractivity contribution in [3.63, 3.8) is 0 Å². The van der Waals surface area contributed by atoms with Gasteiger partial charge in [-0.3, -0.25) is 24.4 Å². The molecule has 8 nitrogen and oxygen atoms in total. The molecule has 2 aromatic rings. The molecule has 0 saturated carbocycles. The van der Waals surface area contributed by atoms with Crippen LogP contribution in [0.1, 0.15) is 42.1 Å². The summed E-state index contributed by atoms with van der Waals surface area (Å²) in [5.74, 6) is 0.577. The number of primary amides is 1. The number of aromatic nitrogens is 1. The van der Waals surface area contributed by atoms with Crippen molar-refractivity contribution in [1.82, 2.24) is 19.7 Å². The van der Waals surface area contributed by atoms with Crippen LogP contribution in [-0.4, -0.2) is 70.3 Å². The molecule has 3 aliphatic rings. The molecule has 184 valence electrons. The Balaban J connectivity index is 1.26. The minimum atomic E-state index is -0.715. The fourth-order valence-electron chi connectivity index (χ4n) is 5.26. The Morgan fingerprint density at radius 2 is 1.94 bits per heavy atom. The highest BCUT2D eigenvalue weighted by molar-refractivity contribution is 7.98. The van der Waals surface area contributed by atoms with E-state index in [0.717, 1.165) is 34.5 Å². The lowest BCUT2D eigenvalue weighted by Gasteiger charge is -2.40. The average molecular weight is 514 g/mol. The Hall–Kier alpha value is -2.62. The molecular formula is C25H28ClN5O3S. The number of nitrogens with zero attached hydrogens (tertiary/aromatic N) is 4. The van der Waals surface area contributed by atoms with Crippen LogP contribution in [0.5, 0.6) is 0 Å². The number of carbonyl (C=O) groups is 3. The van der Waals surface area contributed by atoms with Gasteiger partial charge in [-0.1, -0.05) is 23.7 Å². The van der Waals surface area contributed by atoms with Gasteiger partial charge >= 0.3 is 6.03 Å². The number of carbonyl (C=O) groups excluding carboxylic acids is 3. The van der Waals surface area contributed by atoms with Crippen molar-refractivity contribution < 1.29 is 14.4 Å². The van der Waals surface area contributed by atoms with Crippen molar-refractivity contribution in [2.75, 3.05) is 32.7 Å². The summed E-state index contributed by atoms with van der Waals surface area (Å²) < 4.78 is 0. The number of piperidine rings is 1. The summed E-state index contributed by atoms with van der Waals surface area (Å²) in [7, 11) is 0. The van der Waals surface area contributed by atoms with Crippen molar-refractivity contribution in [2.45, 2.75) is 36.0 Å². The lowest BCUT2D eigenvalue weighted by molar-refractivity contribution is -0.136. The van der Waals surface area contributed by atoms with Gasteiger partial charge in [0.05, 0.1) is 11.7 Å². The molecule has 4 amide bonds. The van der Waals surface area contributed by atoms with Crippen molar-refractivity contribution in [3.05, 3.63) is 58.4 Å². The van der Waals surface area contributed by atoms with Gasteiger partial charge in [0, 0.05) is 67.4 Å². The lowest BCUT2D eigenvalue weighted by Crippen LogP contribution is -2.51. The fraction of sp³-hybridized carbons (Fsp3) is 0.440. The Bertz CT molecular complexity index is 1150. The average Bonchev–Trinajstić information content (AvgIpc) is 3.00. The largest absolute Gasteiger partial charge is 0.351 e. The number of pyridine rings is 1. The molecule has 2 unspecified atom stereocenters. The lowest BCUT2D eigenvalue weighted by atomic mass is 9.92. The van der Waals surface area contributed by atoms with Gasteiger partial charge in [0.15, 0.2) is 0 Å². The summed E-state index contributed by atoms with van der Waals surface area (Å²) in [6.45, 7) is 3.01. The van der Waals surface area contributed by atoms with Crippen molar-refractivity contribution >= 4 is 41.2 Å². The van der Waals surface area contributed by atoms with Crippen molar-refractivity contribution in [2.24, 2.45) is 11.7 Å². The van der Waals surface area contributed by atoms with E-state index in [2.05, 4.69) is 17.0 Å². The number of hydrogen-bond acceptors (Lipinski definition) is 6. The molecule has 0 radical (unpaired) electrons. The molecule has 5 rings (SSSR count). The predicted molar refractivity (Wildman–Crippen MR) is 134 cm³/mol. The number of halogens is 1. The minimum Gasteiger partial charge on any atom is -0.351 e. The van der Waals surface area contributed by atoms with Crippen molar-refractivity contribution in [1.29, 1.82) is 0 Å². The third-order valence-corrected chi connectivity index (χ3v) is 8.48. The molecule has 4 heterocycles. The topological polar surface area (TPSA) is 99.8 Å². The minimum absolute atomic E-state index is 0.0152. The maximum Gasteiger partial charge on any atom is 0.321 e. The molecule has 1 aromatic heterocycles. The molecule has 1 aromatic carbocycles. The van der Waals surface area contributed by atoms with Crippen LogP contribution in [0.4, 0.5) is 4.79 Å². The Labute approximate surface area is 213 Å². The van der Waals surface area contributed by atoms with Gasteiger partial charge < -0.3 is 10.6 Å². The van der Waals surface area contributed by atoms with E-state index in [1.165, 1.54) is 16.0 Å². The number of piperazine rings is 1. The van der Waals surface area contributed by atoms with Gasteiger partial charge in [-0.25, -0.2) is 4.79 Å². The van der Waals surface area contributed by atoms with E-state index in [-0.39, 0.29) is 36.7 Å². The maximum atomic E-state index is 13.0. The van der Waals surface area contributed by atoms with E-state index in [1.54, 1.807) is 11.8 Å². The van der Waals surface area contributed by atoms with Gasteiger partial charge in [0.1, 0.15) is 0 Å². The van der Waals surface area contributed by atoms with Crippen LogP contribution in [0.3, 0.4) is 0 Å². The Morgan fingerprint density at radius 3 is 2.69 bits per heavy atom. The summed E-state index contributed by atoms with van der Waals surface area (Å²) in [4.78, 5) is 47.8. The summed E-state index contributed by atoms with van der Waals surface area (Å²) in [6, 6.07) is 9.49. The van der Waals surface area contributed by atoms with Gasteiger partial charge in [-0.2, -0.15) is 0 Å². The molecule has 10 heteroatoms. The summed E-state index contributed by atoms with van der Waals surface area (Å²) in [5, 5.41) is 0.726. The number of likely N-dealkylation sites (tertiary alicyclic amines) is 1. The zero-order chi connectivity index (χ0) is 24.5. The summed E-state index contributed by atoms with van der Waals surface area (Å²) in [5.41, 5.74) is 8.74. The third-order valence-electron chi connectivity index (χ3n) is 7.13. The fourth-order valence-corrected chi connectivity index (χ4v) is 6.61. The zero-order valence-corrected chi connectivity index (χ0v) is 20.9. The molecule has 2 fully saturated rings. The highest BCUT2D eigenvalue weighted by atomic mass is 35.5. The number of nitrogens with two attached hydrogens (primary N) is 1. The van der Waals surface area contributed by atoms with Crippen LogP contribution < -0.4 is 5.73 Å². The molecule has 2 saturated heterocycles. The Kier molecular flexibility index (Phi) is 7.00. The van der Waals surface area contributed by atoms with E-state index in [1.807, 2.05) is 29.3 Å². The second-order valence-electron chi connectivity index (χ2n) is 9.28. The molecule has 0 aliphatic carbocycles. The highest BCUT2D eigenvalue weighted by Crippen LogP contribution is 2.42. The quantitative estimate of drug-likeness (QED) is 0.676. The first-order valence-electron chi connectivity index (χ1n) is 11.9. The monoisotopic (exact) mass is 513 g/mol. The van der Waals surface area contributed by atoms with Crippen molar-refractivity contribution in [3.8, 4) is 0 Å². The molecule has 3 aliphatic heterocycles. The van der Waals surface area contributed by atoms with Crippen LogP contribution in [0.15, 0.2) is 41.4 Å². The molecule has 2 N–H and O–H groups in total. The summed E-state index contributed by atoms with van der Waals surface area (Å²) in [6.07, 6.45) is 2.98. The van der Waals surface area contributed by atoms with E-state index < -0.39 is 6.03 Å². The van der Waals surface area contributed by atoms with E-state index in [0.29, 0.717) is 25.9 Å². The number of thioether (sulfide) groups is 1. The van der Waals surface area contributed by atoms with Gasteiger partial charge in [-0.05, 0) is 41.7 Å². The second-order valence-corrected chi connectivity index (χ2v) is 10.7. The molecular weight excluding hydrogens is 486 g/mol. The number of fused-ring (bicyclic) bond motifs is 2. The first kappa shape index (κ1) is 24.1. The number of hydrogen-bond donors (Lipinski definition) is 1. The smallest absolute Gasteiger partial charge is 0.321 e. The second kappa shape index (κ2) is 10.2. The van der Waals surface area contributed by atoms with Crippen LogP contribution in [0.25, 0.3) is 0 Å². The van der Waals surface area contributed by atoms with E-state index in [4.69, 9.17) is 22.3 Å². The van der Waals surface area contributed by atoms with E-state index in [9.17, 15) is 14.4 Å². The van der Waals surface area contributed by atoms with Crippen LogP contribution in [0, 0.1) is 5.92 Å². The third kappa shape index (κ3) is 5.03. The zero-order valence-electron chi connectivity index (χ0n) is 19.4. The van der Waals surface area contributed by atoms with Gasteiger partial charge in [0.2, 0.25) is 11.8 Å². The maximum absolute atomic E-state index is 13.0. The first-order valence-corrected chi connectivity index (χ1v) is 13.2. The standard InChI is InChI=1S/C25H28ClN5O3S/c26-18-3-4-19-20(14-18)35-15-17-2-1-6-28-23(17)24(19)30-10-8-29(9-11-30)21(32)12-16-5-7-31(25(27)34)22(33)13-16/h1-4,6,14,16,24H,5,7-13,15H2,(H2,27,34). The molecule has 0 spiro atoms. The van der Waals surface area contributed by atoms with Gasteiger partial charge in [-0.15, -0.1) is 11.8 Å². The van der Waals surface area contributed by atoms with Crippen LogP contribution >= 0.6 is 23.4 Å². The summed E-state index contributed by atoms with van der Waals surface area (Å²) >= 11 is 8.09. The number of rotatable bonds is 3. The van der Waals surface area contributed by atoms with Crippen LogP contribution in [0.2, 0.25) is 5.02 Å². The SMILES string of the molecule is NC(=O)N1CCC(CC(=O)N2CCN(C3c4ccc(Cl)cc4SCc4cccnc43)CC2)CC1=O. The Morgan fingerprint density at radius 1 is 1.14 bits per heavy atom. The number of amides is 4.